The van der Waals surface area contributed by atoms with Gasteiger partial charge in [0.15, 0.2) is 16.9 Å². The summed E-state index contributed by atoms with van der Waals surface area (Å²) in [4.78, 5) is 50.2. The van der Waals surface area contributed by atoms with Gasteiger partial charge in [0.2, 0.25) is 5.91 Å². The molecule has 14 heteroatoms. The lowest BCUT2D eigenvalue weighted by Crippen LogP contribution is -2.46. The fraction of sp³-hybridized carbons (Fsp3) is 0.474. The molecule has 1 aliphatic heterocycles. The predicted molar refractivity (Wildman–Crippen MR) is 107 cm³/mol. The van der Waals surface area contributed by atoms with Crippen LogP contribution in [0.2, 0.25) is 0 Å². The van der Waals surface area contributed by atoms with Gasteiger partial charge < -0.3 is 14.2 Å². The second-order valence-corrected chi connectivity index (χ2v) is 7.69. The summed E-state index contributed by atoms with van der Waals surface area (Å²) >= 11 is 0. The summed E-state index contributed by atoms with van der Waals surface area (Å²) in [6, 6.07) is 0.341. The minimum Gasteiger partial charge on any atom is -0.458 e. The average molecular weight is 467 g/mol. The number of aryl methyl sites for hydroxylation is 1. The number of nitrogens with zero attached hydrogens (tertiary/aromatic N) is 7. The Balaban J connectivity index is 1.49. The number of piperidine rings is 1. The number of likely N-dealkylation sites (tertiary alicyclic amines) is 1. The molecule has 1 amide bonds. The van der Waals surface area contributed by atoms with Crippen LogP contribution in [0.5, 0.6) is 6.01 Å². The van der Waals surface area contributed by atoms with Gasteiger partial charge >= 0.3 is 17.9 Å². The Morgan fingerprint density at radius 1 is 1.21 bits per heavy atom. The van der Waals surface area contributed by atoms with Gasteiger partial charge in [-0.1, -0.05) is 0 Å². The van der Waals surface area contributed by atoms with Crippen LogP contribution in [-0.2, 0) is 31.6 Å². The average Bonchev–Trinajstić information content (AvgIpc) is 3.19. The number of carbonyl (C=O) groups is 1. The molecule has 0 aliphatic carbocycles. The van der Waals surface area contributed by atoms with Crippen molar-refractivity contribution in [2.24, 2.45) is 14.1 Å². The van der Waals surface area contributed by atoms with Gasteiger partial charge in [-0.2, -0.15) is 18.2 Å². The van der Waals surface area contributed by atoms with Crippen molar-refractivity contribution >= 4 is 17.1 Å². The van der Waals surface area contributed by atoms with Crippen LogP contribution in [0.25, 0.3) is 11.2 Å². The first kappa shape index (κ1) is 22.5. The lowest BCUT2D eigenvalue weighted by molar-refractivity contribution is -0.141. The molecule has 1 fully saturated rings. The lowest BCUT2D eigenvalue weighted by atomic mass is 10.1. The number of hydrogen-bond donors (Lipinski definition) is 0. The van der Waals surface area contributed by atoms with Crippen molar-refractivity contribution in [3.8, 4) is 6.01 Å². The van der Waals surface area contributed by atoms with Crippen LogP contribution in [0.15, 0.2) is 28.2 Å². The molecule has 1 saturated heterocycles. The van der Waals surface area contributed by atoms with E-state index in [1.54, 1.807) is 0 Å². The first-order valence-corrected chi connectivity index (χ1v) is 10.0. The van der Waals surface area contributed by atoms with Crippen molar-refractivity contribution < 1.29 is 22.7 Å². The van der Waals surface area contributed by atoms with Gasteiger partial charge in [-0.05, 0) is 18.9 Å². The summed E-state index contributed by atoms with van der Waals surface area (Å²) in [5.74, 6) is -0.330. The van der Waals surface area contributed by atoms with E-state index in [1.807, 2.05) is 0 Å². The number of imidazole rings is 1. The van der Waals surface area contributed by atoms with Crippen molar-refractivity contribution in [1.82, 2.24) is 33.6 Å². The molecule has 11 nitrogen and oxygen atoms in total. The maximum Gasteiger partial charge on any atom is 0.433 e. The summed E-state index contributed by atoms with van der Waals surface area (Å²) in [5, 5.41) is 0. The third-order valence-corrected chi connectivity index (χ3v) is 5.45. The zero-order valence-electron chi connectivity index (χ0n) is 17.7. The number of fused-ring (bicyclic) bond motifs is 1. The van der Waals surface area contributed by atoms with E-state index >= 15 is 0 Å². The Kier molecular flexibility index (Phi) is 5.68. The first-order chi connectivity index (χ1) is 15.6. The Hall–Kier alpha value is -3.71. The highest BCUT2D eigenvalue weighted by Crippen LogP contribution is 2.28. The first-order valence-electron chi connectivity index (χ1n) is 10.0. The summed E-state index contributed by atoms with van der Waals surface area (Å²) in [6.07, 6.45) is -1.84. The molecule has 0 bridgehead atoms. The summed E-state index contributed by atoms with van der Waals surface area (Å²) in [7, 11) is 2.82. The van der Waals surface area contributed by atoms with Crippen LogP contribution in [0.3, 0.4) is 0 Å². The van der Waals surface area contributed by atoms with Crippen molar-refractivity contribution in [3.05, 3.63) is 45.1 Å². The zero-order valence-corrected chi connectivity index (χ0v) is 17.7. The smallest absolute Gasteiger partial charge is 0.433 e. The Morgan fingerprint density at radius 3 is 2.70 bits per heavy atom. The number of amides is 1. The second kappa shape index (κ2) is 8.33. The van der Waals surface area contributed by atoms with E-state index in [-0.39, 0.29) is 30.2 Å². The molecular weight excluding hydrogens is 447 g/mol. The van der Waals surface area contributed by atoms with Crippen molar-refractivity contribution in [2.75, 3.05) is 13.1 Å². The third kappa shape index (κ3) is 4.32. The van der Waals surface area contributed by atoms with E-state index in [4.69, 9.17) is 4.74 Å². The van der Waals surface area contributed by atoms with Gasteiger partial charge in [-0.25, -0.2) is 14.8 Å². The number of hydrogen-bond acceptors (Lipinski definition) is 7. The van der Waals surface area contributed by atoms with E-state index in [1.165, 1.54) is 34.5 Å². The molecule has 0 N–H and O–H groups in total. The van der Waals surface area contributed by atoms with E-state index < -0.39 is 35.2 Å². The number of aromatic nitrogens is 6. The molecule has 0 aromatic carbocycles. The van der Waals surface area contributed by atoms with Crippen molar-refractivity contribution in [3.63, 3.8) is 0 Å². The normalized spacial score (nSPS) is 16.9. The van der Waals surface area contributed by atoms with Crippen molar-refractivity contribution in [1.29, 1.82) is 0 Å². The highest BCUT2D eigenvalue weighted by atomic mass is 19.4. The van der Waals surface area contributed by atoms with Crippen LogP contribution in [0.4, 0.5) is 13.2 Å². The molecular formula is C19H20F3N7O4. The van der Waals surface area contributed by atoms with Gasteiger partial charge in [0.25, 0.3) is 5.56 Å². The highest BCUT2D eigenvalue weighted by Gasteiger charge is 2.33. The molecule has 176 valence electrons. The van der Waals surface area contributed by atoms with Gasteiger partial charge in [0.05, 0.1) is 12.9 Å². The monoisotopic (exact) mass is 467 g/mol. The lowest BCUT2D eigenvalue weighted by Gasteiger charge is -2.32. The summed E-state index contributed by atoms with van der Waals surface area (Å²) in [5.41, 5.74) is -1.93. The second-order valence-electron chi connectivity index (χ2n) is 7.69. The molecule has 0 saturated carbocycles. The van der Waals surface area contributed by atoms with Gasteiger partial charge in [0, 0.05) is 26.8 Å². The molecule has 4 rings (SSSR count). The fourth-order valence-corrected chi connectivity index (χ4v) is 3.73. The molecule has 1 aliphatic rings. The van der Waals surface area contributed by atoms with Crippen LogP contribution in [-0.4, -0.2) is 58.7 Å². The Bertz CT molecular complexity index is 1330. The topological polar surface area (TPSA) is 117 Å². The predicted octanol–water partition coefficient (Wildman–Crippen LogP) is 0.312. The van der Waals surface area contributed by atoms with Crippen LogP contribution in [0.1, 0.15) is 18.5 Å². The van der Waals surface area contributed by atoms with E-state index in [0.29, 0.717) is 19.4 Å². The molecule has 1 atom stereocenters. The van der Waals surface area contributed by atoms with Crippen LogP contribution < -0.4 is 16.0 Å². The highest BCUT2D eigenvalue weighted by molar-refractivity contribution is 5.79. The van der Waals surface area contributed by atoms with Crippen LogP contribution >= 0.6 is 0 Å². The molecule has 4 heterocycles. The van der Waals surface area contributed by atoms with Gasteiger partial charge in [-0.15, -0.1) is 0 Å². The Labute approximate surface area is 184 Å². The minimum atomic E-state index is -4.62. The van der Waals surface area contributed by atoms with Crippen molar-refractivity contribution in [2.45, 2.75) is 31.7 Å². The maximum absolute atomic E-state index is 12.9. The Morgan fingerprint density at radius 2 is 1.97 bits per heavy atom. The molecule has 3 aromatic rings. The maximum atomic E-state index is 12.9. The number of ether oxygens (including phenoxy) is 1. The number of halogens is 3. The summed E-state index contributed by atoms with van der Waals surface area (Å²) in [6.45, 7) is 0.351. The molecule has 1 unspecified atom stereocenters. The van der Waals surface area contributed by atoms with Gasteiger partial charge in [0.1, 0.15) is 12.6 Å². The standard InChI is InChI=1S/C19H20F3N7O4/c1-26-15-14(16(31)27(2)18(26)32)29(10-24-15)9-13(30)28-7-3-4-11(8-28)33-17-23-6-5-12(25-17)19(20,21)22/h5-6,10-11H,3-4,7-9H2,1-2H3. The third-order valence-electron chi connectivity index (χ3n) is 5.45. The number of carbonyl (C=O) groups excluding carboxylic acids is 1. The molecule has 0 radical (unpaired) electrons. The van der Waals surface area contributed by atoms with Gasteiger partial charge in [-0.3, -0.25) is 18.7 Å². The van der Waals surface area contributed by atoms with E-state index in [9.17, 15) is 27.6 Å². The number of alkyl halides is 3. The van der Waals surface area contributed by atoms with E-state index in [2.05, 4.69) is 15.0 Å². The molecule has 0 spiro atoms. The molecule has 33 heavy (non-hydrogen) atoms. The quantitative estimate of drug-likeness (QED) is 0.542. The number of rotatable bonds is 4. The van der Waals surface area contributed by atoms with Crippen LogP contribution in [0, 0.1) is 0 Å². The van der Waals surface area contributed by atoms with E-state index in [0.717, 1.165) is 16.8 Å². The zero-order chi connectivity index (χ0) is 23.9. The largest absolute Gasteiger partial charge is 0.458 e. The fourth-order valence-electron chi connectivity index (χ4n) is 3.73. The SMILES string of the molecule is Cn1c(=O)c2c(ncn2CC(=O)N2CCCC(Oc3nccc(C(F)(F)F)n3)C2)n(C)c1=O. The summed E-state index contributed by atoms with van der Waals surface area (Å²) < 4.78 is 47.6. The molecule has 3 aromatic heterocycles. The minimum absolute atomic E-state index is 0.120.